The van der Waals surface area contributed by atoms with E-state index in [4.69, 9.17) is 9.72 Å². The number of hydrogen-bond acceptors (Lipinski definition) is 5. The lowest BCUT2D eigenvalue weighted by Crippen LogP contribution is -2.40. The molecule has 0 radical (unpaired) electrons. The van der Waals surface area contributed by atoms with Crippen LogP contribution in [0.1, 0.15) is 26.4 Å². The second-order valence-electron chi connectivity index (χ2n) is 8.27. The zero-order valence-corrected chi connectivity index (χ0v) is 19.1. The number of rotatable bonds is 4. The minimum atomic E-state index is -0.281. The van der Waals surface area contributed by atoms with Crippen molar-refractivity contribution in [1.29, 1.82) is 0 Å². The van der Waals surface area contributed by atoms with Crippen molar-refractivity contribution in [2.45, 2.75) is 6.92 Å². The third-order valence-corrected chi connectivity index (χ3v) is 5.95. The van der Waals surface area contributed by atoms with Gasteiger partial charge in [-0.25, -0.2) is 4.98 Å². The van der Waals surface area contributed by atoms with Gasteiger partial charge in [0.25, 0.3) is 11.8 Å². The molecule has 0 saturated carbocycles. The minimum absolute atomic E-state index is 0.0693. The largest absolute Gasteiger partial charge is 0.378 e. The van der Waals surface area contributed by atoms with Gasteiger partial charge < -0.3 is 15.0 Å². The fraction of sp³-hybridized carbons (Fsp3) is 0.231. The molecule has 1 N–H and O–H groups in total. The molecule has 0 bridgehead atoms. The van der Waals surface area contributed by atoms with Crippen LogP contribution < -0.4 is 5.32 Å². The summed E-state index contributed by atoms with van der Waals surface area (Å²) in [7, 11) is 1.82. The van der Waals surface area contributed by atoms with Crippen LogP contribution in [-0.2, 0) is 11.8 Å². The molecule has 0 aliphatic carbocycles. The number of aryl methyl sites for hydroxylation is 2. The highest BCUT2D eigenvalue weighted by molar-refractivity contribution is 6.13. The van der Waals surface area contributed by atoms with Crippen molar-refractivity contribution in [2.24, 2.45) is 7.05 Å². The van der Waals surface area contributed by atoms with E-state index in [9.17, 15) is 9.59 Å². The van der Waals surface area contributed by atoms with E-state index in [1.165, 1.54) is 0 Å². The van der Waals surface area contributed by atoms with Gasteiger partial charge in [0.05, 0.1) is 35.6 Å². The maximum absolute atomic E-state index is 13.5. The number of morpholine rings is 1. The summed E-state index contributed by atoms with van der Waals surface area (Å²) in [5, 5.41) is 8.15. The van der Waals surface area contributed by atoms with Crippen molar-refractivity contribution in [3.63, 3.8) is 0 Å². The lowest BCUT2D eigenvalue weighted by molar-refractivity contribution is 0.0303. The predicted octanol–water partition coefficient (Wildman–Crippen LogP) is 3.67. The van der Waals surface area contributed by atoms with E-state index in [1.54, 1.807) is 39.9 Å². The third-order valence-electron chi connectivity index (χ3n) is 5.95. The minimum Gasteiger partial charge on any atom is -0.378 e. The van der Waals surface area contributed by atoms with Gasteiger partial charge in [-0.2, -0.15) is 5.10 Å². The topological polar surface area (TPSA) is 89.3 Å². The predicted molar refractivity (Wildman–Crippen MR) is 130 cm³/mol. The summed E-state index contributed by atoms with van der Waals surface area (Å²) in [4.78, 5) is 32.9. The van der Waals surface area contributed by atoms with Crippen molar-refractivity contribution in [3.05, 3.63) is 77.5 Å². The van der Waals surface area contributed by atoms with Crippen LogP contribution in [0.4, 0.5) is 5.69 Å². The molecule has 8 heteroatoms. The smallest absolute Gasteiger partial charge is 0.256 e. The second-order valence-corrected chi connectivity index (χ2v) is 8.27. The molecule has 4 aromatic rings. The van der Waals surface area contributed by atoms with Crippen molar-refractivity contribution in [1.82, 2.24) is 19.7 Å². The fourth-order valence-corrected chi connectivity index (χ4v) is 4.26. The van der Waals surface area contributed by atoms with Gasteiger partial charge in [0.2, 0.25) is 0 Å². The molecular weight excluding hydrogens is 430 g/mol. The first-order chi connectivity index (χ1) is 16.5. The van der Waals surface area contributed by atoms with E-state index in [0.717, 1.165) is 11.3 Å². The highest BCUT2D eigenvalue weighted by atomic mass is 16.5. The Kier molecular flexibility index (Phi) is 5.81. The van der Waals surface area contributed by atoms with E-state index in [-0.39, 0.29) is 11.8 Å². The van der Waals surface area contributed by atoms with Gasteiger partial charge in [-0.15, -0.1) is 0 Å². The second kappa shape index (κ2) is 9.07. The first-order valence-corrected chi connectivity index (χ1v) is 11.2. The first kappa shape index (κ1) is 21.8. The number of amides is 2. The fourth-order valence-electron chi connectivity index (χ4n) is 4.26. The number of aromatic nitrogens is 3. The highest BCUT2D eigenvalue weighted by Gasteiger charge is 2.21. The first-order valence-electron chi connectivity index (χ1n) is 11.2. The molecule has 8 nitrogen and oxygen atoms in total. The third kappa shape index (κ3) is 4.15. The summed E-state index contributed by atoms with van der Waals surface area (Å²) in [5.74, 6) is -0.350. The average Bonchev–Trinajstić information content (AvgIpc) is 3.17. The van der Waals surface area contributed by atoms with Gasteiger partial charge in [0, 0.05) is 37.0 Å². The van der Waals surface area contributed by atoms with Crippen LogP contribution in [0.2, 0.25) is 0 Å². The maximum atomic E-state index is 13.5. The van der Waals surface area contributed by atoms with Crippen molar-refractivity contribution in [3.8, 4) is 11.3 Å². The number of fused-ring (bicyclic) bond motifs is 1. The summed E-state index contributed by atoms with van der Waals surface area (Å²) < 4.78 is 7.03. The number of carbonyl (C=O) groups excluding carboxylic acids is 2. The molecule has 3 heterocycles. The molecule has 5 rings (SSSR count). The summed E-state index contributed by atoms with van der Waals surface area (Å²) in [5.41, 5.74) is 4.54. The Hall–Kier alpha value is -4.04. The van der Waals surface area contributed by atoms with Crippen LogP contribution in [0.15, 0.2) is 60.7 Å². The molecule has 0 atom stereocenters. The number of anilines is 1. The van der Waals surface area contributed by atoms with Gasteiger partial charge in [-0.1, -0.05) is 36.4 Å². The zero-order valence-electron chi connectivity index (χ0n) is 19.1. The highest BCUT2D eigenvalue weighted by Crippen LogP contribution is 2.27. The lowest BCUT2D eigenvalue weighted by atomic mass is 10.0. The molecule has 2 amide bonds. The zero-order chi connectivity index (χ0) is 23.7. The molecule has 1 aliphatic heterocycles. The Balaban J connectivity index is 1.49. The van der Waals surface area contributed by atoms with Gasteiger partial charge in [-0.05, 0) is 31.2 Å². The van der Waals surface area contributed by atoms with E-state index in [2.05, 4.69) is 10.4 Å². The van der Waals surface area contributed by atoms with E-state index < -0.39 is 0 Å². The lowest BCUT2D eigenvalue weighted by Gasteiger charge is -2.27. The molecule has 1 saturated heterocycles. The van der Waals surface area contributed by atoms with Gasteiger partial charge in [-0.3, -0.25) is 14.3 Å². The van der Waals surface area contributed by atoms with Crippen LogP contribution in [-0.4, -0.2) is 57.8 Å². The summed E-state index contributed by atoms with van der Waals surface area (Å²) >= 11 is 0. The number of carbonyl (C=O) groups is 2. The van der Waals surface area contributed by atoms with Crippen molar-refractivity contribution >= 4 is 28.5 Å². The number of nitrogens with zero attached hydrogens (tertiary/aromatic N) is 4. The normalized spacial score (nSPS) is 13.8. The summed E-state index contributed by atoms with van der Waals surface area (Å²) in [6.07, 6.45) is 0. The van der Waals surface area contributed by atoms with Crippen molar-refractivity contribution < 1.29 is 14.3 Å². The van der Waals surface area contributed by atoms with Gasteiger partial charge in [0.1, 0.15) is 0 Å². The van der Waals surface area contributed by atoms with Crippen LogP contribution in [0, 0.1) is 6.92 Å². The van der Waals surface area contributed by atoms with Gasteiger partial charge >= 0.3 is 0 Å². The summed E-state index contributed by atoms with van der Waals surface area (Å²) in [6.45, 7) is 4.06. The molecule has 172 valence electrons. The maximum Gasteiger partial charge on any atom is 0.256 e. The molecule has 1 aliphatic rings. The van der Waals surface area contributed by atoms with Crippen LogP contribution in [0.3, 0.4) is 0 Å². The standard InChI is InChI=1S/C26H25N5O3/c1-17-23-21(16-22(18-7-4-3-5-8-18)28-24(23)30(2)29-17)25(32)27-20-10-6-9-19(15-20)26(33)31-11-13-34-14-12-31/h3-10,15-16H,11-14H2,1-2H3,(H,27,32). The monoisotopic (exact) mass is 455 g/mol. The van der Waals surface area contributed by atoms with Crippen molar-refractivity contribution in [2.75, 3.05) is 31.6 Å². The molecule has 1 fully saturated rings. The number of benzene rings is 2. The summed E-state index contributed by atoms with van der Waals surface area (Å²) in [6, 6.07) is 18.5. The molecular formula is C26H25N5O3. The number of nitrogens with one attached hydrogen (secondary N) is 1. The van der Waals surface area contributed by atoms with Crippen LogP contribution >= 0.6 is 0 Å². The van der Waals surface area contributed by atoms with E-state index in [1.807, 2.05) is 44.3 Å². The SMILES string of the molecule is Cc1nn(C)c2nc(-c3ccccc3)cc(C(=O)Nc3cccc(C(=O)N4CCOCC4)c3)c12. The molecule has 0 unspecified atom stereocenters. The number of ether oxygens (including phenoxy) is 1. The molecule has 0 spiro atoms. The van der Waals surface area contributed by atoms with Crippen LogP contribution in [0.5, 0.6) is 0 Å². The molecule has 34 heavy (non-hydrogen) atoms. The Bertz CT molecular complexity index is 1370. The Morgan fingerprint density at radius 1 is 1.00 bits per heavy atom. The molecule has 2 aromatic carbocycles. The van der Waals surface area contributed by atoms with E-state index in [0.29, 0.717) is 59.8 Å². The average molecular weight is 456 g/mol. The van der Waals surface area contributed by atoms with E-state index >= 15 is 0 Å². The Morgan fingerprint density at radius 3 is 2.53 bits per heavy atom. The quantitative estimate of drug-likeness (QED) is 0.507. The Morgan fingerprint density at radius 2 is 1.76 bits per heavy atom. The number of hydrogen-bond donors (Lipinski definition) is 1. The molecule has 2 aromatic heterocycles. The van der Waals surface area contributed by atoms with Crippen LogP contribution in [0.25, 0.3) is 22.3 Å². The van der Waals surface area contributed by atoms with Gasteiger partial charge in [0.15, 0.2) is 5.65 Å². The Labute approximate surface area is 197 Å². The number of pyridine rings is 1.